The van der Waals surface area contributed by atoms with Crippen LogP contribution in [0.2, 0.25) is 0 Å². The molecule has 0 bridgehead atoms. The van der Waals surface area contributed by atoms with Crippen LogP contribution in [0, 0.1) is 10.1 Å². The van der Waals surface area contributed by atoms with Crippen molar-refractivity contribution in [2.24, 2.45) is 4.99 Å². The summed E-state index contributed by atoms with van der Waals surface area (Å²) >= 11 is 0. The van der Waals surface area contributed by atoms with Gasteiger partial charge in [0.05, 0.1) is 4.92 Å². The molecule has 0 saturated heterocycles. The van der Waals surface area contributed by atoms with E-state index in [-0.39, 0.29) is 34.6 Å². The van der Waals surface area contributed by atoms with Gasteiger partial charge in [-0.05, 0) is 18.9 Å². The highest BCUT2D eigenvalue weighted by atomic mass is 127. The number of halogens is 1. The lowest BCUT2D eigenvalue weighted by molar-refractivity contribution is -0.384. The molecule has 1 aliphatic carbocycles. The molecule has 2 rings (SSSR count). The van der Waals surface area contributed by atoms with Gasteiger partial charge in [0, 0.05) is 32.2 Å². The molecule has 0 amide bonds. The van der Waals surface area contributed by atoms with Gasteiger partial charge in [-0.15, -0.1) is 24.0 Å². The first-order valence-electron chi connectivity index (χ1n) is 8.15. The van der Waals surface area contributed by atoms with E-state index in [1.165, 1.54) is 38.2 Å². The number of nitro groups is 1. The Morgan fingerprint density at radius 3 is 2.62 bits per heavy atom. The second kappa shape index (κ2) is 11.1. The molecular weight excluding hydrogens is 421 g/mol. The average Bonchev–Trinajstić information content (AvgIpc) is 2.58. The van der Waals surface area contributed by atoms with Crippen LogP contribution in [0.5, 0.6) is 0 Å². The van der Waals surface area contributed by atoms with Crippen molar-refractivity contribution >= 4 is 41.3 Å². The fraction of sp³-hybridized carbons (Fsp3) is 0.562. The zero-order valence-corrected chi connectivity index (χ0v) is 16.3. The van der Waals surface area contributed by atoms with Crippen molar-refractivity contribution in [2.75, 3.05) is 25.5 Å². The molecular formula is C16H26IN5O2. The Morgan fingerprint density at radius 2 is 1.96 bits per heavy atom. The van der Waals surface area contributed by atoms with Gasteiger partial charge in [-0.3, -0.25) is 15.1 Å². The smallest absolute Gasteiger partial charge is 0.292 e. The Hall–Kier alpha value is -1.58. The standard InChI is InChI=1S/C16H25N5O2.HI/c1-17-16(20-13-7-3-2-4-8-13)19-12-11-18-14-9-5-6-10-15(14)21(22)23;/h5-6,9-10,13,18H,2-4,7-8,11-12H2,1H3,(H2,17,19,20);1H. The predicted octanol–water partition coefficient (Wildman–Crippen LogP) is 3.12. The van der Waals surface area contributed by atoms with Gasteiger partial charge >= 0.3 is 0 Å². The van der Waals surface area contributed by atoms with Crippen LogP contribution in [-0.2, 0) is 0 Å². The van der Waals surface area contributed by atoms with E-state index in [2.05, 4.69) is 20.9 Å². The molecule has 0 aromatic heterocycles. The van der Waals surface area contributed by atoms with Crippen LogP contribution in [0.4, 0.5) is 11.4 Å². The highest BCUT2D eigenvalue weighted by molar-refractivity contribution is 14.0. The first kappa shape index (κ1) is 20.5. The Bertz CT molecular complexity index is 547. The zero-order valence-electron chi connectivity index (χ0n) is 14.0. The second-order valence-electron chi connectivity index (χ2n) is 5.68. The fourth-order valence-electron chi connectivity index (χ4n) is 2.80. The van der Waals surface area contributed by atoms with E-state index in [1.807, 2.05) is 0 Å². The number of guanidine groups is 1. The van der Waals surface area contributed by atoms with Crippen molar-refractivity contribution in [1.82, 2.24) is 10.6 Å². The molecule has 8 heteroatoms. The first-order valence-corrected chi connectivity index (χ1v) is 8.15. The second-order valence-corrected chi connectivity index (χ2v) is 5.68. The highest BCUT2D eigenvalue weighted by Crippen LogP contribution is 2.22. The minimum Gasteiger partial charge on any atom is -0.378 e. The summed E-state index contributed by atoms with van der Waals surface area (Å²) in [5, 5.41) is 20.7. The number of nitrogens with one attached hydrogen (secondary N) is 3. The minimum atomic E-state index is -0.376. The number of nitrogens with zero attached hydrogens (tertiary/aromatic N) is 2. The maximum atomic E-state index is 11.0. The Balaban J connectivity index is 0.00000288. The lowest BCUT2D eigenvalue weighted by atomic mass is 9.96. The van der Waals surface area contributed by atoms with E-state index >= 15 is 0 Å². The molecule has 0 unspecified atom stereocenters. The zero-order chi connectivity index (χ0) is 16.5. The lowest BCUT2D eigenvalue weighted by Crippen LogP contribution is -2.45. The van der Waals surface area contributed by atoms with Crippen LogP contribution in [0.25, 0.3) is 0 Å². The van der Waals surface area contributed by atoms with Crippen molar-refractivity contribution < 1.29 is 4.92 Å². The molecule has 0 spiro atoms. The van der Waals surface area contributed by atoms with E-state index in [4.69, 9.17) is 0 Å². The lowest BCUT2D eigenvalue weighted by Gasteiger charge is -2.24. The number of benzene rings is 1. The number of hydrogen-bond donors (Lipinski definition) is 3. The third-order valence-corrected chi connectivity index (χ3v) is 4.00. The Labute approximate surface area is 159 Å². The fourth-order valence-corrected chi connectivity index (χ4v) is 2.80. The monoisotopic (exact) mass is 447 g/mol. The van der Waals surface area contributed by atoms with Crippen LogP contribution in [0.1, 0.15) is 32.1 Å². The maximum absolute atomic E-state index is 11.0. The Morgan fingerprint density at radius 1 is 1.25 bits per heavy atom. The largest absolute Gasteiger partial charge is 0.378 e. The number of rotatable bonds is 6. The van der Waals surface area contributed by atoms with Crippen LogP contribution in [0.3, 0.4) is 0 Å². The van der Waals surface area contributed by atoms with Gasteiger partial charge < -0.3 is 16.0 Å². The molecule has 1 saturated carbocycles. The molecule has 1 aromatic carbocycles. The third kappa shape index (κ3) is 6.50. The minimum absolute atomic E-state index is 0. The third-order valence-electron chi connectivity index (χ3n) is 4.00. The van der Waals surface area contributed by atoms with Crippen LogP contribution < -0.4 is 16.0 Å². The predicted molar refractivity (Wildman–Crippen MR) is 108 cm³/mol. The normalized spacial score (nSPS) is 15.3. The van der Waals surface area contributed by atoms with Crippen LogP contribution in [-0.4, -0.2) is 37.1 Å². The summed E-state index contributed by atoms with van der Waals surface area (Å²) in [5.74, 6) is 0.793. The quantitative estimate of drug-likeness (QED) is 0.156. The van der Waals surface area contributed by atoms with E-state index in [0.717, 1.165) is 5.96 Å². The maximum Gasteiger partial charge on any atom is 0.292 e. The van der Waals surface area contributed by atoms with Crippen molar-refractivity contribution in [2.45, 2.75) is 38.1 Å². The van der Waals surface area contributed by atoms with Gasteiger partial charge in [0.1, 0.15) is 5.69 Å². The number of nitro benzene ring substituents is 1. The van der Waals surface area contributed by atoms with Crippen molar-refractivity contribution in [1.29, 1.82) is 0 Å². The molecule has 1 aromatic rings. The number of aliphatic imine (C=N–C) groups is 1. The van der Waals surface area contributed by atoms with Crippen LogP contribution in [0.15, 0.2) is 29.3 Å². The van der Waals surface area contributed by atoms with E-state index in [1.54, 1.807) is 25.2 Å². The summed E-state index contributed by atoms with van der Waals surface area (Å²) in [5.41, 5.74) is 0.631. The van der Waals surface area contributed by atoms with Gasteiger partial charge in [-0.1, -0.05) is 31.4 Å². The summed E-state index contributed by atoms with van der Waals surface area (Å²) in [4.78, 5) is 14.8. The Kier molecular flexibility index (Phi) is 9.43. The van der Waals surface area contributed by atoms with Gasteiger partial charge in [-0.25, -0.2) is 0 Å². The van der Waals surface area contributed by atoms with Crippen molar-refractivity contribution in [3.05, 3.63) is 34.4 Å². The number of hydrogen-bond acceptors (Lipinski definition) is 4. The number of anilines is 1. The molecule has 3 N–H and O–H groups in total. The van der Waals surface area contributed by atoms with Gasteiger partial charge in [-0.2, -0.15) is 0 Å². The molecule has 0 heterocycles. The molecule has 0 aliphatic heterocycles. The summed E-state index contributed by atoms with van der Waals surface area (Å²) < 4.78 is 0. The van der Waals surface area contributed by atoms with E-state index in [9.17, 15) is 10.1 Å². The molecule has 24 heavy (non-hydrogen) atoms. The summed E-state index contributed by atoms with van der Waals surface area (Å²) in [7, 11) is 1.76. The van der Waals surface area contributed by atoms with Crippen molar-refractivity contribution in [3.63, 3.8) is 0 Å². The van der Waals surface area contributed by atoms with Crippen LogP contribution >= 0.6 is 24.0 Å². The SMILES string of the molecule is CN=C(NCCNc1ccccc1[N+](=O)[O-])NC1CCCCC1.I. The molecule has 0 atom stereocenters. The van der Waals surface area contributed by atoms with E-state index in [0.29, 0.717) is 24.8 Å². The summed E-state index contributed by atoms with van der Waals surface area (Å²) in [6.45, 7) is 1.22. The van der Waals surface area contributed by atoms with Gasteiger partial charge in [0.25, 0.3) is 5.69 Å². The molecule has 134 valence electrons. The average molecular weight is 447 g/mol. The molecule has 1 fully saturated rings. The number of para-hydroxylation sites is 2. The molecule has 7 nitrogen and oxygen atoms in total. The first-order chi connectivity index (χ1) is 11.2. The van der Waals surface area contributed by atoms with Gasteiger partial charge in [0.15, 0.2) is 5.96 Å². The summed E-state index contributed by atoms with van der Waals surface area (Å²) in [6, 6.07) is 7.16. The topological polar surface area (TPSA) is 91.6 Å². The van der Waals surface area contributed by atoms with Crippen molar-refractivity contribution in [3.8, 4) is 0 Å². The molecule has 1 aliphatic rings. The van der Waals surface area contributed by atoms with E-state index < -0.39 is 0 Å². The molecule has 0 radical (unpaired) electrons. The highest BCUT2D eigenvalue weighted by Gasteiger charge is 2.14. The van der Waals surface area contributed by atoms with Gasteiger partial charge in [0.2, 0.25) is 0 Å². The summed E-state index contributed by atoms with van der Waals surface area (Å²) in [6.07, 6.45) is 6.25.